The first kappa shape index (κ1) is 13.6. The number of hydrogen-bond donors (Lipinski definition) is 0. The van der Waals surface area contributed by atoms with Crippen molar-refractivity contribution < 1.29 is 0 Å². The van der Waals surface area contributed by atoms with Gasteiger partial charge in [0.15, 0.2) is 5.65 Å². The van der Waals surface area contributed by atoms with Crippen molar-refractivity contribution in [2.45, 2.75) is 32.2 Å². The Morgan fingerprint density at radius 2 is 2.25 bits per heavy atom. The summed E-state index contributed by atoms with van der Waals surface area (Å²) >= 11 is 7.69. The summed E-state index contributed by atoms with van der Waals surface area (Å²) < 4.78 is 4.02. The maximum atomic E-state index is 6.05. The lowest BCUT2D eigenvalue weighted by Crippen LogP contribution is -2.07. The van der Waals surface area contributed by atoms with Gasteiger partial charge in [-0.15, -0.1) is 22.9 Å². The van der Waals surface area contributed by atoms with E-state index in [0.717, 1.165) is 40.5 Å². The van der Waals surface area contributed by atoms with Gasteiger partial charge in [-0.25, -0.2) is 9.97 Å². The van der Waals surface area contributed by atoms with Crippen molar-refractivity contribution >= 4 is 34.1 Å². The molecule has 0 aliphatic carbocycles. The molecule has 3 heterocycles. The number of rotatable bonds is 5. The van der Waals surface area contributed by atoms with E-state index in [9.17, 15) is 0 Å². The smallest absolute Gasteiger partial charge is 0.159 e. The van der Waals surface area contributed by atoms with E-state index in [2.05, 4.69) is 26.6 Å². The van der Waals surface area contributed by atoms with E-state index >= 15 is 0 Å². The van der Waals surface area contributed by atoms with Crippen LogP contribution < -0.4 is 0 Å². The number of fused-ring (bicyclic) bond motifs is 1. The zero-order valence-corrected chi connectivity index (χ0v) is 13.1. The minimum absolute atomic E-state index is 0.394. The molecule has 0 amide bonds. The van der Waals surface area contributed by atoms with Crippen molar-refractivity contribution in [3.05, 3.63) is 28.1 Å². The molecule has 3 rings (SSSR count). The van der Waals surface area contributed by atoms with Gasteiger partial charge in [-0.2, -0.15) is 5.10 Å². The maximum Gasteiger partial charge on any atom is 0.159 e. The average molecular weight is 310 g/mol. The van der Waals surface area contributed by atoms with Gasteiger partial charge in [0, 0.05) is 18.6 Å². The number of alkyl halides is 1. The molecule has 0 fully saturated rings. The van der Waals surface area contributed by atoms with Crippen LogP contribution in [0, 0.1) is 0 Å². The van der Waals surface area contributed by atoms with Crippen LogP contribution in [0.5, 0.6) is 0 Å². The fourth-order valence-corrected chi connectivity index (χ4v) is 3.23. The third-order valence-corrected chi connectivity index (χ3v) is 4.26. The van der Waals surface area contributed by atoms with Gasteiger partial charge in [0.2, 0.25) is 0 Å². The number of hydrogen-bond acceptors (Lipinski definition) is 4. The zero-order valence-electron chi connectivity index (χ0n) is 11.5. The van der Waals surface area contributed by atoms with Crippen LogP contribution in [0.1, 0.15) is 29.9 Å². The molecule has 3 aromatic rings. The first-order valence-electron chi connectivity index (χ1n) is 6.60. The lowest BCUT2D eigenvalue weighted by Gasteiger charge is -2.05. The summed E-state index contributed by atoms with van der Waals surface area (Å²) in [5.74, 6) is 1.27. The first-order chi connectivity index (χ1) is 9.74. The highest BCUT2D eigenvalue weighted by atomic mass is 35.5. The molecule has 106 valence electrons. The molecule has 0 saturated heterocycles. The Morgan fingerprint density at radius 1 is 1.40 bits per heavy atom. The second-order valence-electron chi connectivity index (χ2n) is 4.67. The van der Waals surface area contributed by atoms with Gasteiger partial charge in [-0.05, 0) is 6.42 Å². The molecule has 0 saturated carbocycles. The zero-order chi connectivity index (χ0) is 14.1. The third kappa shape index (κ3) is 2.23. The van der Waals surface area contributed by atoms with Gasteiger partial charge in [0.05, 0.1) is 18.1 Å². The van der Waals surface area contributed by atoms with Crippen molar-refractivity contribution in [1.82, 2.24) is 24.3 Å². The number of halogens is 1. The van der Waals surface area contributed by atoms with Crippen molar-refractivity contribution in [3.8, 4) is 0 Å². The molecule has 0 N–H and O–H groups in total. The van der Waals surface area contributed by atoms with E-state index in [0.29, 0.717) is 12.4 Å². The van der Waals surface area contributed by atoms with E-state index in [1.807, 2.05) is 23.3 Å². The maximum absolute atomic E-state index is 6.05. The second-order valence-corrected chi connectivity index (χ2v) is 5.91. The van der Waals surface area contributed by atoms with Crippen molar-refractivity contribution in [1.29, 1.82) is 0 Å². The molecule has 0 atom stereocenters. The van der Waals surface area contributed by atoms with Crippen molar-refractivity contribution in [3.63, 3.8) is 0 Å². The van der Waals surface area contributed by atoms with E-state index < -0.39 is 0 Å². The Labute approximate surface area is 126 Å². The van der Waals surface area contributed by atoms with Crippen LogP contribution in [0.15, 0.2) is 11.6 Å². The summed E-state index contributed by atoms with van der Waals surface area (Å²) in [6, 6.07) is 0. The summed E-state index contributed by atoms with van der Waals surface area (Å²) in [4.78, 5) is 9.02. The van der Waals surface area contributed by atoms with E-state index in [1.54, 1.807) is 11.3 Å². The predicted octanol–water partition coefficient (Wildman–Crippen LogP) is 2.97. The van der Waals surface area contributed by atoms with Gasteiger partial charge in [-0.3, -0.25) is 4.68 Å². The van der Waals surface area contributed by atoms with Crippen LogP contribution in [0.2, 0.25) is 0 Å². The SMILES string of the molecule is CCCc1nn(C)c2c1nc(CCl)n2Cc1nccs1. The molecule has 0 aliphatic rings. The fraction of sp³-hybridized carbons (Fsp3) is 0.462. The van der Waals surface area contributed by atoms with Crippen LogP contribution in [-0.4, -0.2) is 24.3 Å². The predicted molar refractivity (Wildman–Crippen MR) is 81.3 cm³/mol. The molecule has 20 heavy (non-hydrogen) atoms. The minimum Gasteiger partial charge on any atom is -0.305 e. The number of aromatic nitrogens is 5. The standard InChI is InChI=1S/C13H16ClN5S/c1-3-4-9-12-13(18(2)17-9)19(10(7-14)16-12)8-11-15-5-6-20-11/h5-6H,3-4,7-8H2,1-2H3. The quantitative estimate of drug-likeness (QED) is 0.681. The van der Waals surface area contributed by atoms with Crippen LogP contribution in [0.3, 0.4) is 0 Å². The average Bonchev–Trinajstić information content (AvgIpc) is 3.11. The van der Waals surface area contributed by atoms with Crippen LogP contribution in [0.4, 0.5) is 0 Å². The van der Waals surface area contributed by atoms with Crippen LogP contribution >= 0.6 is 22.9 Å². The molecule has 3 aromatic heterocycles. The molecule has 0 aromatic carbocycles. The summed E-state index contributed by atoms with van der Waals surface area (Å²) in [6.45, 7) is 2.84. The molecule has 5 nitrogen and oxygen atoms in total. The number of thiazole rings is 1. The van der Waals surface area contributed by atoms with Crippen molar-refractivity contribution in [2.75, 3.05) is 0 Å². The fourth-order valence-electron chi connectivity index (χ4n) is 2.43. The molecular weight excluding hydrogens is 294 g/mol. The molecule has 0 bridgehead atoms. The normalized spacial score (nSPS) is 11.6. The van der Waals surface area contributed by atoms with E-state index in [4.69, 9.17) is 11.6 Å². The monoisotopic (exact) mass is 309 g/mol. The molecule has 0 unspecified atom stereocenters. The Balaban J connectivity index is 2.13. The number of aryl methyl sites for hydroxylation is 2. The molecule has 0 spiro atoms. The molecule has 0 radical (unpaired) electrons. The summed E-state index contributed by atoms with van der Waals surface area (Å²) in [6.07, 6.45) is 3.81. The molecule has 0 aliphatic heterocycles. The summed E-state index contributed by atoms with van der Waals surface area (Å²) in [7, 11) is 1.96. The highest BCUT2D eigenvalue weighted by molar-refractivity contribution is 7.09. The Kier molecular flexibility index (Phi) is 3.76. The van der Waals surface area contributed by atoms with Gasteiger partial charge in [-0.1, -0.05) is 13.3 Å². The highest BCUT2D eigenvalue weighted by Gasteiger charge is 2.19. The van der Waals surface area contributed by atoms with Gasteiger partial charge < -0.3 is 4.57 Å². The summed E-state index contributed by atoms with van der Waals surface area (Å²) in [5.41, 5.74) is 3.05. The van der Waals surface area contributed by atoms with Crippen molar-refractivity contribution in [2.24, 2.45) is 7.05 Å². The Morgan fingerprint density at radius 3 is 2.90 bits per heavy atom. The minimum atomic E-state index is 0.394. The lowest BCUT2D eigenvalue weighted by atomic mass is 10.2. The largest absolute Gasteiger partial charge is 0.305 e. The van der Waals surface area contributed by atoms with Crippen LogP contribution in [-0.2, 0) is 25.9 Å². The van der Waals surface area contributed by atoms with Gasteiger partial charge >= 0.3 is 0 Å². The third-order valence-electron chi connectivity index (χ3n) is 3.25. The Hall–Kier alpha value is -1.40. The molecular formula is C13H16ClN5S. The number of nitrogens with zero attached hydrogens (tertiary/aromatic N) is 5. The van der Waals surface area contributed by atoms with E-state index in [1.165, 1.54) is 0 Å². The van der Waals surface area contributed by atoms with Crippen LogP contribution in [0.25, 0.3) is 11.2 Å². The topological polar surface area (TPSA) is 48.5 Å². The van der Waals surface area contributed by atoms with Gasteiger partial charge in [0.25, 0.3) is 0 Å². The highest BCUT2D eigenvalue weighted by Crippen LogP contribution is 2.23. The number of imidazole rings is 1. The Bertz CT molecular complexity index is 713. The van der Waals surface area contributed by atoms with Gasteiger partial charge in [0.1, 0.15) is 16.3 Å². The molecule has 7 heteroatoms. The summed E-state index contributed by atoms with van der Waals surface area (Å²) in [5, 5.41) is 7.61. The van der Waals surface area contributed by atoms with E-state index in [-0.39, 0.29) is 0 Å². The second kappa shape index (κ2) is 5.54. The lowest BCUT2D eigenvalue weighted by molar-refractivity contribution is 0.691. The first-order valence-corrected chi connectivity index (χ1v) is 8.01.